The molecule has 1 aromatic heterocycles. The molecule has 3 aromatic rings. The molecule has 0 saturated carbocycles. The summed E-state index contributed by atoms with van der Waals surface area (Å²) >= 11 is 0. The van der Waals surface area contributed by atoms with E-state index in [0.717, 1.165) is 5.56 Å². The summed E-state index contributed by atoms with van der Waals surface area (Å²) in [6.07, 6.45) is -0.827. The smallest absolute Gasteiger partial charge is 0.351 e. The van der Waals surface area contributed by atoms with Gasteiger partial charge in [-0.25, -0.2) is 4.79 Å². The van der Waals surface area contributed by atoms with Crippen LogP contribution in [0, 0.1) is 0 Å². The lowest BCUT2D eigenvalue weighted by Gasteiger charge is -2.24. The maximum absolute atomic E-state index is 12.1. The van der Waals surface area contributed by atoms with Crippen molar-refractivity contribution in [1.82, 2.24) is 10.1 Å². The van der Waals surface area contributed by atoms with E-state index >= 15 is 0 Å². The predicted molar refractivity (Wildman–Crippen MR) is 85.9 cm³/mol. The molecule has 0 amide bonds. The molecule has 0 radical (unpaired) electrons. The van der Waals surface area contributed by atoms with E-state index in [1.807, 2.05) is 36.4 Å². The minimum atomic E-state index is -0.827. The molecule has 0 spiro atoms. The SMILES string of the molecule is O=C(OCc1nc(-c2ccccc2)no1)[C@@H]1COc2ccccc2O1. The van der Waals surface area contributed by atoms with Gasteiger partial charge in [-0.3, -0.25) is 0 Å². The number of para-hydroxylation sites is 2. The summed E-state index contributed by atoms with van der Waals surface area (Å²) < 4.78 is 21.4. The number of hydrogen-bond donors (Lipinski definition) is 0. The second-order valence-electron chi connectivity index (χ2n) is 5.35. The van der Waals surface area contributed by atoms with Crippen molar-refractivity contribution in [2.75, 3.05) is 6.61 Å². The number of carbonyl (C=O) groups is 1. The Kier molecular flexibility index (Phi) is 4.04. The molecule has 7 nitrogen and oxygen atoms in total. The summed E-state index contributed by atoms with van der Waals surface area (Å²) in [7, 11) is 0. The van der Waals surface area contributed by atoms with Crippen molar-refractivity contribution in [2.24, 2.45) is 0 Å². The van der Waals surface area contributed by atoms with E-state index in [2.05, 4.69) is 10.1 Å². The van der Waals surface area contributed by atoms with Crippen LogP contribution in [0.1, 0.15) is 5.89 Å². The first-order valence-corrected chi connectivity index (χ1v) is 7.73. The highest BCUT2D eigenvalue weighted by molar-refractivity contribution is 5.75. The highest BCUT2D eigenvalue weighted by atomic mass is 16.6. The number of fused-ring (bicyclic) bond motifs is 1. The van der Waals surface area contributed by atoms with Crippen LogP contribution in [-0.2, 0) is 16.1 Å². The van der Waals surface area contributed by atoms with Gasteiger partial charge in [0.05, 0.1) is 0 Å². The number of benzene rings is 2. The van der Waals surface area contributed by atoms with E-state index in [4.69, 9.17) is 18.7 Å². The zero-order valence-corrected chi connectivity index (χ0v) is 13.1. The quantitative estimate of drug-likeness (QED) is 0.676. The van der Waals surface area contributed by atoms with Gasteiger partial charge in [-0.15, -0.1) is 0 Å². The molecule has 0 fully saturated rings. The first-order chi connectivity index (χ1) is 12.3. The third-order valence-electron chi connectivity index (χ3n) is 3.61. The van der Waals surface area contributed by atoms with Crippen molar-refractivity contribution < 1.29 is 23.5 Å². The van der Waals surface area contributed by atoms with Crippen LogP contribution in [0.4, 0.5) is 0 Å². The monoisotopic (exact) mass is 338 g/mol. The Morgan fingerprint density at radius 2 is 1.84 bits per heavy atom. The molecule has 126 valence electrons. The average molecular weight is 338 g/mol. The fourth-order valence-electron chi connectivity index (χ4n) is 2.38. The highest BCUT2D eigenvalue weighted by Crippen LogP contribution is 2.31. The van der Waals surface area contributed by atoms with Crippen molar-refractivity contribution in [2.45, 2.75) is 12.7 Å². The fraction of sp³-hybridized carbons (Fsp3) is 0.167. The highest BCUT2D eigenvalue weighted by Gasteiger charge is 2.29. The van der Waals surface area contributed by atoms with E-state index < -0.39 is 12.1 Å². The summed E-state index contributed by atoms with van der Waals surface area (Å²) in [5.74, 6) is 1.23. The molecule has 1 aliphatic rings. The molecule has 4 rings (SSSR count). The number of hydrogen-bond acceptors (Lipinski definition) is 7. The third kappa shape index (κ3) is 3.30. The summed E-state index contributed by atoms with van der Waals surface area (Å²) in [5.41, 5.74) is 0.824. The van der Waals surface area contributed by atoms with Gasteiger partial charge in [-0.1, -0.05) is 47.6 Å². The van der Waals surface area contributed by atoms with Gasteiger partial charge in [-0.05, 0) is 12.1 Å². The molecule has 2 heterocycles. The van der Waals surface area contributed by atoms with Crippen LogP contribution in [0.5, 0.6) is 11.5 Å². The number of carbonyl (C=O) groups excluding carboxylic acids is 1. The van der Waals surface area contributed by atoms with E-state index in [-0.39, 0.29) is 19.1 Å². The van der Waals surface area contributed by atoms with E-state index in [9.17, 15) is 4.79 Å². The molecule has 2 aromatic carbocycles. The second-order valence-corrected chi connectivity index (χ2v) is 5.35. The molecule has 25 heavy (non-hydrogen) atoms. The maximum Gasteiger partial charge on any atom is 0.351 e. The molecular formula is C18H14N2O5. The van der Waals surface area contributed by atoms with Gasteiger partial charge in [0.2, 0.25) is 11.9 Å². The van der Waals surface area contributed by atoms with Crippen molar-refractivity contribution in [1.29, 1.82) is 0 Å². The Morgan fingerprint density at radius 1 is 1.08 bits per heavy atom. The Bertz CT molecular complexity index is 878. The molecule has 1 atom stereocenters. The van der Waals surface area contributed by atoms with Crippen molar-refractivity contribution >= 4 is 5.97 Å². The van der Waals surface area contributed by atoms with Gasteiger partial charge in [0.1, 0.15) is 6.61 Å². The molecule has 0 saturated heterocycles. The predicted octanol–water partition coefficient (Wildman–Crippen LogP) is 2.62. The minimum absolute atomic E-state index is 0.0922. The van der Waals surface area contributed by atoms with Crippen LogP contribution in [0.15, 0.2) is 59.1 Å². The van der Waals surface area contributed by atoms with Crippen LogP contribution >= 0.6 is 0 Å². The number of aromatic nitrogens is 2. The first-order valence-electron chi connectivity index (χ1n) is 7.73. The lowest BCUT2D eigenvalue weighted by Crippen LogP contribution is -2.37. The van der Waals surface area contributed by atoms with Crippen molar-refractivity contribution in [3.8, 4) is 22.9 Å². The number of ether oxygens (including phenoxy) is 3. The number of esters is 1. The van der Waals surface area contributed by atoms with Gasteiger partial charge in [0.25, 0.3) is 5.89 Å². The first kappa shape index (κ1) is 15.2. The summed E-state index contributed by atoms with van der Waals surface area (Å²) in [5, 5.41) is 3.87. The van der Waals surface area contributed by atoms with Gasteiger partial charge in [0, 0.05) is 5.56 Å². The zero-order chi connectivity index (χ0) is 17.1. The number of nitrogens with zero attached hydrogens (tertiary/aromatic N) is 2. The van der Waals surface area contributed by atoms with Crippen molar-refractivity contribution in [3.63, 3.8) is 0 Å². The van der Waals surface area contributed by atoms with E-state index in [1.165, 1.54) is 0 Å². The Morgan fingerprint density at radius 3 is 2.68 bits per heavy atom. The minimum Gasteiger partial charge on any atom is -0.485 e. The van der Waals surface area contributed by atoms with Gasteiger partial charge in [-0.2, -0.15) is 4.98 Å². The lowest BCUT2D eigenvalue weighted by molar-refractivity contribution is -0.156. The topological polar surface area (TPSA) is 83.7 Å². The van der Waals surface area contributed by atoms with Crippen LogP contribution < -0.4 is 9.47 Å². The summed E-state index contributed by atoms with van der Waals surface area (Å²) in [4.78, 5) is 16.3. The normalized spacial score (nSPS) is 15.6. The molecule has 0 aliphatic carbocycles. The fourth-order valence-corrected chi connectivity index (χ4v) is 2.38. The van der Waals surface area contributed by atoms with Crippen LogP contribution in [-0.4, -0.2) is 28.8 Å². The second kappa shape index (κ2) is 6.64. The van der Waals surface area contributed by atoms with Gasteiger partial charge < -0.3 is 18.7 Å². The molecule has 1 aliphatic heterocycles. The average Bonchev–Trinajstić information content (AvgIpc) is 3.15. The largest absolute Gasteiger partial charge is 0.485 e. The van der Waals surface area contributed by atoms with E-state index in [0.29, 0.717) is 17.3 Å². The van der Waals surface area contributed by atoms with Crippen LogP contribution in [0.3, 0.4) is 0 Å². The molecule has 7 heteroatoms. The van der Waals surface area contributed by atoms with Gasteiger partial charge >= 0.3 is 5.97 Å². The Hall–Kier alpha value is -3.35. The molecule has 0 unspecified atom stereocenters. The van der Waals surface area contributed by atoms with Crippen molar-refractivity contribution in [3.05, 3.63) is 60.5 Å². The molecular weight excluding hydrogens is 324 g/mol. The van der Waals surface area contributed by atoms with Gasteiger partial charge in [0.15, 0.2) is 18.1 Å². The third-order valence-corrected chi connectivity index (χ3v) is 3.61. The Labute approximate surface area is 143 Å². The van der Waals surface area contributed by atoms with Crippen LogP contribution in [0.2, 0.25) is 0 Å². The summed E-state index contributed by atoms with van der Waals surface area (Å²) in [6, 6.07) is 16.5. The summed E-state index contributed by atoms with van der Waals surface area (Å²) in [6.45, 7) is -0.0326. The molecule has 0 bridgehead atoms. The number of rotatable bonds is 4. The standard InChI is InChI=1S/C18H14N2O5/c21-18(15-10-22-13-8-4-5-9-14(13)24-15)23-11-16-19-17(20-25-16)12-6-2-1-3-7-12/h1-9,15H,10-11H2/t15-/m0/s1. The van der Waals surface area contributed by atoms with Crippen LogP contribution in [0.25, 0.3) is 11.4 Å². The zero-order valence-electron chi connectivity index (χ0n) is 13.1. The lowest BCUT2D eigenvalue weighted by atomic mass is 10.2. The maximum atomic E-state index is 12.1. The van der Waals surface area contributed by atoms with E-state index in [1.54, 1.807) is 18.2 Å². The Balaban J connectivity index is 1.36. The molecule has 0 N–H and O–H groups in total.